The molecule has 31 heavy (non-hydrogen) atoms. The predicted molar refractivity (Wildman–Crippen MR) is 121 cm³/mol. The third-order valence-electron chi connectivity index (χ3n) is 4.86. The number of thioether (sulfide) groups is 1. The topological polar surface area (TPSA) is 61.4 Å². The van der Waals surface area contributed by atoms with Crippen molar-refractivity contribution in [1.29, 1.82) is 0 Å². The minimum atomic E-state index is -0.360. The van der Waals surface area contributed by atoms with Gasteiger partial charge >= 0.3 is 0 Å². The lowest BCUT2D eigenvalue weighted by molar-refractivity contribution is 0.0748. The van der Waals surface area contributed by atoms with E-state index in [1.165, 1.54) is 17.8 Å². The van der Waals surface area contributed by atoms with Gasteiger partial charge in [-0.1, -0.05) is 41.6 Å². The highest BCUT2D eigenvalue weighted by Crippen LogP contribution is 2.29. The van der Waals surface area contributed by atoms with Crippen LogP contribution in [0.4, 0.5) is 4.39 Å². The predicted octanol–water partition coefficient (Wildman–Crippen LogP) is 4.94. The summed E-state index contributed by atoms with van der Waals surface area (Å²) in [5.74, 6) is 0.387. The molecule has 0 saturated heterocycles. The van der Waals surface area contributed by atoms with Gasteiger partial charge in [-0.05, 0) is 44.5 Å². The van der Waals surface area contributed by atoms with Crippen LogP contribution in [0.5, 0.6) is 0 Å². The van der Waals surface area contributed by atoms with Gasteiger partial charge < -0.3 is 4.74 Å². The van der Waals surface area contributed by atoms with E-state index in [-0.39, 0.29) is 17.5 Å². The molecule has 0 amide bonds. The number of para-hydroxylation sites is 1. The van der Waals surface area contributed by atoms with E-state index in [1.54, 1.807) is 22.8 Å². The van der Waals surface area contributed by atoms with E-state index in [2.05, 4.69) is 10.2 Å². The standard InChI is InChI=1S/C22H22ClFN4O2S/c1-14(2)30-12-6-11-27-20(29)15-7-3-4-10-19(15)28-21(27)25-26-22(28)31-13-16-17(23)8-5-9-18(16)24/h3-5,7-10,14H,6,11-13H2,1-2H3. The van der Waals surface area contributed by atoms with Gasteiger partial charge in [0.1, 0.15) is 5.82 Å². The summed E-state index contributed by atoms with van der Waals surface area (Å²) in [6.07, 6.45) is 0.807. The summed E-state index contributed by atoms with van der Waals surface area (Å²) in [6, 6.07) is 12.0. The Balaban J connectivity index is 1.73. The van der Waals surface area contributed by atoms with Crippen LogP contribution in [0, 0.1) is 5.82 Å². The van der Waals surface area contributed by atoms with Crippen LogP contribution in [0.25, 0.3) is 16.7 Å². The van der Waals surface area contributed by atoms with E-state index >= 15 is 0 Å². The number of nitrogens with zero attached hydrogens (tertiary/aromatic N) is 4. The number of halogens is 2. The zero-order valence-corrected chi connectivity index (χ0v) is 18.8. The molecule has 0 spiro atoms. The number of aryl methyl sites for hydroxylation is 1. The Morgan fingerprint density at radius 2 is 1.97 bits per heavy atom. The lowest BCUT2D eigenvalue weighted by Crippen LogP contribution is -2.24. The Hall–Kier alpha value is -2.42. The van der Waals surface area contributed by atoms with Crippen LogP contribution in [0.3, 0.4) is 0 Å². The molecule has 0 fully saturated rings. The summed E-state index contributed by atoms with van der Waals surface area (Å²) in [4.78, 5) is 13.1. The number of rotatable bonds is 8. The lowest BCUT2D eigenvalue weighted by Gasteiger charge is -2.12. The number of fused-ring (bicyclic) bond motifs is 3. The van der Waals surface area contributed by atoms with E-state index in [0.29, 0.717) is 57.7 Å². The van der Waals surface area contributed by atoms with Crippen LogP contribution >= 0.6 is 23.4 Å². The van der Waals surface area contributed by atoms with Gasteiger partial charge in [-0.25, -0.2) is 4.39 Å². The molecule has 9 heteroatoms. The molecule has 0 aliphatic heterocycles. The van der Waals surface area contributed by atoms with E-state index in [0.717, 1.165) is 0 Å². The second-order valence-corrected chi connectivity index (χ2v) is 8.70. The van der Waals surface area contributed by atoms with Crippen LogP contribution in [-0.4, -0.2) is 31.9 Å². The zero-order chi connectivity index (χ0) is 22.0. The molecule has 0 radical (unpaired) electrons. The third kappa shape index (κ3) is 4.46. The Bertz CT molecular complexity index is 1270. The molecule has 0 N–H and O–H groups in total. The van der Waals surface area contributed by atoms with Gasteiger partial charge in [-0.3, -0.25) is 13.8 Å². The summed E-state index contributed by atoms with van der Waals surface area (Å²) in [6.45, 7) is 4.96. The fourth-order valence-electron chi connectivity index (χ4n) is 3.38. The molecule has 0 unspecified atom stereocenters. The van der Waals surface area contributed by atoms with Crippen molar-refractivity contribution in [3.63, 3.8) is 0 Å². The second kappa shape index (κ2) is 9.38. The van der Waals surface area contributed by atoms with Gasteiger partial charge in [0.15, 0.2) is 5.16 Å². The number of aromatic nitrogens is 4. The van der Waals surface area contributed by atoms with Gasteiger partial charge in [0.05, 0.1) is 17.0 Å². The normalized spacial score (nSPS) is 11.8. The van der Waals surface area contributed by atoms with Crippen molar-refractivity contribution >= 4 is 40.0 Å². The number of ether oxygens (including phenoxy) is 1. The molecule has 6 nitrogen and oxygen atoms in total. The van der Waals surface area contributed by atoms with E-state index in [1.807, 2.05) is 36.4 Å². The van der Waals surface area contributed by atoms with Crippen molar-refractivity contribution in [3.05, 3.63) is 69.2 Å². The van der Waals surface area contributed by atoms with Gasteiger partial charge in [0.2, 0.25) is 5.78 Å². The van der Waals surface area contributed by atoms with Gasteiger partial charge in [0.25, 0.3) is 5.56 Å². The van der Waals surface area contributed by atoms with E-state index in [4.69, 9.17) is 16.3 Å². The minimum absolute atomic E-state index is 0.117. The van der Waals surface area contributed by atoms with Crippen LogP contribution in [-0.2, 0) is 17.0 Å². The molecule has 162 valence electrons. The molecule has 0 bridgehead atoms. The maximum atomic E-state index is 14.2. The maximum Gasteiger partial charge on any atom is 0.262 e. The number of benzene rings is 2. The van der Waals surface area contributed by atoms with Crippen LogP contribution < -0.4 is 5.56 Å². The molecular weight excluding hydrogens is 439 g/mol. The van der Waals surface area contributed by atoms with E-state index in [9.17, 15) is 9.18 Å². The van der Waals surface area contributed by atoms with Crippen molar-refractivity contribution in [2.24, 2.45) is 0 Å². The first-order valence-electron chi connectivity index (χ1n) is 10.0. The van der Waals surface area contributed by atoms with Crippen LogP contribution in [0.2, 0.25) is 5.02 Å². The Morgan fingerprint density at radius 1 is 1.16 bits per heavy atom. The average Bonchev–Trinajstić information content (AvgIpc) is 3.16. The van der Waals surface area contributed by atoms with Gasteiger partial charge in [-0.15, -0.1) is 10.2 Å². The van der Waals surface area contributed by atoms with Crippen molar-refractivity contribution in [2.75, 3.05) is 6.61 Å². The molecule has 4 rings (SSSR count). The summed E-state index contributed by atoms with van der Waals surface area (Å²) < 4.78 is 23.3. The third-order valence-corrected chi connectivity index (χ3v) is 6.17. The fraction of sp³-hybridized carbons (Fsp3) is 0.318. The first-order chi connectivity index (χ1) is 15.0. The molecule has 2 aromatic carbocycles. The molecule has 0 aliphatic rings. The van der Waals surface area contributed by atoms with Gasteiger partial charge in [-0.2, -0.15) is 0 Å². The maximum absolute atomic E-state index is 14.2. The molecule has 0 atom stereocenters. The van der Waals surface area contributed by atoms with Crippen LogP contribution in [0.15, 0.2) is 52.4 Å². The highest BCUT2D eigenvalue weighted by Gasteiger charge is 2.18. The Labute approximate surface area is 188 Å². The molecule has 2 heterocycles. The van der Waals surface area contributed by atoms with Crippen molar-refractivity contribution < 1.29 is 9.13 Å². The van der Waals surface area contributed by atoms with Crippen molar-refractivity contribution in [2.45, 2.75) is 43.8 Å². The SMILES string of the molecule is CC(C)OCCCn1c(=O)c2ccccc2n2c(SCc3c(F)cccc3Cl)nnc12. The minimum Gasteiger partial charge on any atom is -0.379 e. The highest BCUT2D eigenvalue weighted by molar-refractivity contribution is 7.98. The van der Waals surface area contributed by atoms with E-state index < -0.39 is 0 Å². The van der Waals surface area contributed by atoms with Crippen LogP contribution in [0.1, 0.15) is 25.8 Å². The molecular formula is C22H22ClFN4O2S. The zero-order valence-electron chi connectivity index (χ0n) is 17.2. The van der Waals surface area contributed by atoms with Crippen molar-refractivity contribution in [3.8, 4) is 0 Å². The second-order valence-electron chi connectivity index (χ2n) is 7.35. The first-order valence-corrected chi connectivity index (χ1v) is 11.4. The van der Waals surface area contributed by atoms with Crippen molar-refractivity contribution in [1.82, 2.24) is 19.2 Å². The Kier molecular flexibility index (Phi) is 6.60. The largest absolute Gasteiger partial charge is 0.379 e. The molecule has 0 aliphatic carbocycles. The fourth-order valence-corrected chi connectivity index (χ4v) is 4.66. The summed E-state index contributed by atoms with van der Waals surface area (Å²) >= 11 is 7.49. The Morgan fingerprint density at radius 3 is 2.74 bits per heavy atom. The summed E-state index contributed by atoms with van der Waals surface area (Å²) in [7, 11) is 0. The number of hydrogen-bond donors (Lipinski definition) is 0. The first kappa shape index (κ1) is 21.8. The summed E-state index contributed by atoms with van der Waals surface area (Å²) in [5, 5.41) is 10.1. The lowest BCUT2D eigenvalue weighted by atomic mass is 10.2. The monoisotopic (exact) mass is 460 g/mol. The smallest absolute Gasteiger partial charge is 0.262 e. The molecule has 0 saturated carbocycles. The van der Waals surface area contributed by atoms with Gasteiger partial charge in [0, 0.05) is 29.5 Å². The highest BCUT2D eigenvalue weighted by atomic mass is 35.5. The molecule has 4 aromatic rings. The average molecular weight is 461 g/mol. The number of hydrogen-bond acceptors (Lipinski definition) is 5. The quantitative estimate of drug-likeness (QED) is 0.275. The summed E-state index contributed by atoms with van der Waals surface area (Å²) in [5.41, 5.74) is 1.01. The molecule has 2 aromatic heterocycles.